The third-order valence-corrected chi connectivity index (χ3v) is 2.07. The van der Waals surface area contributed by atoms with Crippen molar-refractivity contribution in [2.24, 2.45) is 5.41 Å². The monoisotopic (exact) mass is 218 g/mol. The maximum Gasteiger partial charge on any atom is 0.220 e. The van der Waals surface area contributed by atoms with Crippen LogP contribution >= 0.6 is 12.6 Å². The molecule has 0 saturated heterocycles. The van der Waals surface area contributed by atoms with Crippen LogP contribution in [0.1, 0.15) is 20.3 Å². The van der Waals surface area contributed by atoms with Crippen molar-refractivity contribution in [3.8, 4) is 0 Å². The molecule has 0 saturated carbocycles. The quantitative estimate of drug-likeness (QED) is 0.652. The number of nitrogens with zero attached hydrogens (tertiary/aromatic N) is 1. The van der Waals surface area contributed by atoms with Gasteiger partial charge in [-0.1, -0.05) is 13.8 Å². The molecule has 14 heavy (non-hydrogen) atoms. The zero-order chi connectivity index (χ0) is 11.2. The first-order valence-corrected chi connectivity index (χ1v) is 5.53. The summed E-state index contributed by atoms with van der Waals surface area (Å²) in [5, 5.41) is 2.91. The lowest BCUT2D eigenvalue weighted by Gasteiger charge is -2.28. The molecule has 0 bridgehead atoms. The molecular formula is C10H22N2OS. The fourth-order valence-electron chi connectivity index (χ4n) is 1.44. The van der Waals surface area contributed by atoms with E-state index in [9.17, 15) is 4.79 Å². The van der Waals surface area contributed by atoms with E-state index in [1.165, 1.54) is 0 Å². The summed E-state index contributed by atoms with van der Waals surface area (Å²) >= 11 is 4.01. The summed E-state index contributed by atoms with van der Waals surface area (Å²) in [5.74, 6) is 0.701. The SMILES string of the molecule is CN(C)CC(C)(C)CNC(=O)CCS. The van der Waals surface area contributed by atoms with Crippen LogP contribution in [0.25, 0.3) is 0 Å². The van der Waals surface area contributed by atoms with Crippen LogP contribution in [-0.4, -0.2) is 43.7 Å². The number of amides is 1. The second-order valence-electron chi connectivity index (χ2n) is 4.65. The van der Waals surface area contributed by atoms with Gasteiger partial charge in [-0.25, -0.2) is 0 Å². The van der Waals surface area contributed by atoms with Gasteiger partial charge in [-0.15, -0.1) is 0 Å². The zero-order valence-electron chi connectivity index (χ0n) is 9.63. The van der Waals surface area contributed by atoms with Crippen LogP contribution in [0.2, 0.25) is 0 Å². The molecule has 0 aliphatic rings. The standard InChI is InChI=1S/C10H22N2OS/c1-10(2,8-12(3)4)7-11-9(13)5-6-14/h14H,5-8H2,1-4H3,(H,11,13). The molecule has 1 amide bonds. The minimum atomic E-state index is 0.0897. The van der Waals surface area contributed by atoms with Gasteiger partial charge in [0, 0.05) is 19.5 Å². The number of carbonyl (C=O) groups excluding carboxylic acids is 1. The molecule has 84 valence electrons. The lowest BCUT2D eigenvalue weighted by atomic mass is 9.93. The molecule has 4 heteroatoms. The highest BCUT2D eigenvalue weighted by Gasteiger charge is 2.19. The number of thiol groups is 1. The lowest BCUT2D eigenvalue weighted by molar-refractivity contribution is -0.121. The maximum atomic E-state index is 11.2. The largest absolute Gasteiger partial charge is 0.355 e. The predicted octanol–water partition coefficient (Wildman–Crippen LogP) is 1.01. The van der Waals surface area contributed by atoms with E-state index in [4.69, 9.17) is 0 Å². The first kappa shape index (κ1) is 13.8. The zero-order valence-corrected chi connectivity index (χ0v) is 10.5. The Bertz CT molecular complexity index is 181. The number of rotatable bonds is 6. The topological polar surface area (TPSA) is 32.3 Å². The van der Waals surface area contributed by atoms with E-state index in [1.54, 1.807) is 0 Å². The van der Waals surface area contributed by atoms with Crippen LogP contribution < -0.4 is 5.32 Å². The van der Waals surface area contributed by atoms with Crippen LogP contribution in [0.3, 0.4) is 0 Å². The second-order valence-corrected chi connectivity index (χ2v) is 5.10. The summed E-state index contributed by atoms with van der Waals surface area (Å²) in [6, 6.07) is 0. The Balaban J connectivity index is 3.80. The number of carbonyl (C=O) groups is 1. The van der Waals surface area contributed by atoms with Gasteiger partial charge < -0.3 is 10.2 Å². The molecule has 1 N–H and O–H groups in total. The van der Waals surface area contributed by atoms with E-state index in [-0.39, 0.29) is 11.3 Å². The Hall–Kier alpha value is -0.220. The Morgan fingerprint density at radius 1 is 1.43 bits per heavy atom. The van der Waals surface area contributed by atoms with Crippen molar-refractivity contribution in [1.82, 2.24) is 10.2 Å². The molecule has 0 aliphatic carbocycles. The first-order valence-electron chi connectivity index (χ1n) is 4.90. The van der Waals surface area contributed by atoms with Crippen LogP contribution in [0, 0.1) is 5.41 Å². The molecule has 0 rings (SSSR count). The smallest absolute Gasteiger partial charge is 0.220 e. The van der Waals surface area contributed by atoms with Crippen molar-refractivity contribution in [2.45, 2.75) is 20.3 Å². The number of nitrogens with one attached hydrogen (secondary N) is 1. The predicted molar refractivity (Wildman–Crippen MR) is 63.8 cm³/mol. The summed E-state index contributed by atoms with van der Waals surface area (Å²) in [5.41, 5.74) is 0.121. The Labute approximate surface area is 92.7 Å². The van der Waals surface area contributed by atoms with Gasteiger partial charge >= 0.3 is 0 Å². The Kier molecular flexibility index (Phi) is 6.20. The fourth-order valence-corrected chi connectivity index (χ4v) is 1.64. The van der Waals surface area contributed by atoms with Gasteiger partial charge in [0.05, 0.1) is 0 Å². The van der Waals surface area contributed by atoms with Gasteiger partial charge in [-0.3, -0.25) is 4.79 Å². The average Bonchev–Trinajstić information content (AvgIpc) is 1.99. The minimum absolute atomic E-state index is 0.0897. The second kappa shape index (κ2) is 6.30. The highest BCUT2D eigenvalue weighted by Crippen LogP contribution is 2.13. The van der Waals surface area contributed by atoms with Crippen molar-refractivity contribution in [3.63, 3.8) is 0 Å². The van der Waals surface area contributed by atoms with Crippen molar-refractivity contribution in [3.05, 3.63) is 0 Å². The van der Waals surface area contributed by atoms with Crippen LogP contribution in [-0.2, 0) is 4.79 Å². The number of hydrogen-bond acceptors (Lipinski definition) is 3. The van der Waals surface area contributed by atoms with E-state index in [1.807, 2.05) is 14.1 Å². The lowest BCUT2D eigenvalue weighted by Crippen LogP contribution is -2.40. The van der Waals surface area contributed by atoms with E-state index >= 15 is 0 Å². The molecule has 0 spiro atoms. The molecule has 0 heterocycles. The summed E-state index contributed by atoms with van der Waals surface area (Å²) in [7, 11) is 4.08. The molecule has 0 aromatic carbocycles. The van der Waals surface area contributed by atoms with E-state index in [0.717, 1.165) is 13.1 Å². The summed E-state index contributed by atoms with van der Waals surface area (Å²) in [6.45, 7) is 5.98. The molecular weight excluding hydrogens is 196 g/mol. The van der Waals surface area contributed by atoms with Crippen LogP contribution in [0.4, 0.5) is 0 Å². The molecule has 0 aliphatic heterocycles. The van der Waals surface area contributed by atoms with Crippen molar-refractivity contribution >= 4 is 18.5 Å². The molecule has 0 aromatic rings. The van der Waals surface area contributed by atoms with Gasteiger partial charge in [0.25, 0.3) is 0 Å². The number of hydrogen-bond donors (Lipinski definition) is 2. The van der Waals surface area contributed by atoms with Crippen molar-refractivity contribution in [1.29, 1.82) is 0 Å². The molecule has 0 fully saturated rings. The highest BCUT2D eigenvalue weighted by molar-refractivity contribution is 7.80. The summed E-state index contributed by atoms with van der Waals surface area (Å²) < 4.78 is 0. The maximum absolute atomic E-state index is 11.2. The summed E-state index contributed by atoms with van der Waals surface area (Å²) in [4.78, 5) is 13.3. The van der Waals surface area contributed by atoms with Gasteiger partial charge in [-0.2, -0.15) is 12.6 Å². The highest BCUT2D eigenvalue weighted by atomic mass is 32.1. The molecule has 0 radical (unpaired) electrons. The van der Waals surface area contributed by atoms with Gasteiger partial charge in [0.15, 0.2) is 0 Å². The summed E-state index contributed by atoms with van der Waals surface area (Å²) in [6.07, 6.45) is 0.501. The molecule has 3 nitrogen and oxygen atoms in total. The van der Waals surface area contributed by atoms with E-state index in [2.05, 4.69) is 36.7 Å². The third-order valence-electron chi connectivity index (χ3n) is 1.85. The van der Waals surface area contributed by atoms with Gasteiger partial charge in [-0.05, 0) is 25.3 Å². The average molecular weight is 218 g/mol. The Morgan fingerprint density at radius 2 is 2.00 bits per heavy atom. The Morgan fingerprint density at radius 3 is 2.43 bits per heavy atom. The third kappa shape index (κ3) is 7.21. The van der Waals surface area contributed by atoms with Crippen molar-refractivity contribution < 1.29 is 4.79 Å². The minimum Gasteiger partial charge on any atom is -0.355 e. The molecule has 0 aromatic heterocycles. The first-order chi connectivity index (χ1) is 6.37. The normalized spacial score (nSPS) is 11.9. The molecule has 0 unspecified atom stereocenters. The van der Waals surface area contributed by atoms with E-state index in [0.29, 0.717) is 12.2 Å². The molecule has 0 atom stereocenters. The van der Waals surface area contributed by atoms with Crippen LogP contribution in [0.5, 0.6) is 0 Å². The van der Waals surface area contributed by atoms with Crippen molar-refractivity contribution in [2.75, 3.05) is 32.9 Å². The van der Waals surface area contributed by atoms with Gasteiger partial charge in [0.1, 0.15) is 0 Å². The van der Waals surface area contributed by atoms with E-state index < -0.39 is 0 Å². The van der Waals surface area contributed by atoms with Gasteiger partial charge in [0.2, 0.25) is 5.91 Å². The fraction of sp³-hybridized carbons (Fsp3) is 0.900. The van der Waals surface area contributed by atoms with Crippen LogP contribution in [0.15, 0.2) is 0 Å².